The fraction of sp³-hybridized carbons (Fsp3) is 0.538. The number of hydrogen-bond donors (Lipinski definition) is 1. The van der Waals surface area contributed by atoms with E-state index in [4.69, 9.17) is 4.42 Å². The smallest absolute Gasteiger partial charge is 0.327 e. The molecule has 3 amide bonds. The monoisotopic (exact) mass is 263 g/mol. The Morgan fingerprint density at radius 1 is 1.32 bits per heavy atom. The fourth-order valence-electron chi connectivity index (χ4n) is 2.11. The first-order valence-electron chi connectivity index (χ1n) is 6.50. The third-order valence-electron chi connectivity index (χ3n) is 3.40. The molecule has 1 aromatic rings. The lowest BCUT2D eigenvalue weighted by molar-refractivity contribution is -0.125. The number of amides is 3. The van der Waals surface area contributed by atoms with Gasteiger partial charge in [-0.1, -0.05) is 0 Å². The Balaban J connectivity index is 1.59. The van der Waals surface area contributed by atoms with E-state index in [-0.39, 0.29) is 25.0 Å². The first-order valence-corrected chi connectivity index (χ1v) is 6.50. The molecule has 1 aliphatic carbocycles. The topological polar surface area (TPSA) is 65.8 Å². The van der Waals surface area contributed by atoms with Crippen LogP contribution < -0.4 is 5.32 Å². The SMILES string of the molecule is CN1CC(=O)N(Cc2ccc(CNC3CC3)o2)C1=O. The van der Waals surface area contributed by atoms with Gasteiger partial charge in [-0.2, -0.15) is 0 Å². The minimum atomic E-state index is -0.265. The predicted molar refractivity (Wildman–Crippen MR) is 67.1 cm³/mol. The van der Waals surface area contributed by atoms with Crippen molar-refractivity contribution in [2.75, 3.05) is 13.6 Å². The lowest BCUT2D eigenvalue weighted by Crippen LogP contribution is -2.30. The molecule has 0 spiro atoms. The Morgan fingerprint density at radius 3 is 2.68 bits per heavy atom. The highest BCUT2D eigenvalue weighted by atomic mass is 16.3. The van der Waals surface area contributed by atoms with Crippen LogP contribution in [-0.2, 0) is 17.9 Å². The van der Waals surface area contributed by atoms with Crippen LogP contribution in [0.15, 0.2) is 16.5 Å². The van der Waals surface area contributed by atoms with Gasteiger partial charge in [-0.15, -0.1) is 0 Å². The van der Waals surface area contributed by atoms with Crippen molar-refractivity contribution in [2.45, 2.75) is 32.0 Å². The highest BCUT2D eigenvalue weighted by Crippen LogP contribution is 2.20. The van der Waals surface area contributed by atoms with Crippen molar-refractivity contribution in [3.05, 3.63) is 23.7 Å². The molecule has 3 rings (SSSR count). The average molecular weight is 263 g/mol. The molecule has 19 heavy (non-hydrogen) atoms. The molecule has 6 nitrogen and oxygen atoms in total. The van der Waals surface area contributed by atoms with Gasteiger partial charge in [0.15, 0.2) is 0 Å². The second-order valence-electron chi connectivity index (χ2n) is 5.14. The maximum absolute atomic E-state index is 11.7. The summed E-state index contributed by atoms with van der Waals surface area (Å²) in [6, 6.07) is 4.07. The molecule has 0 bridgehead atoms. The van der Waals surface area contributed by atoms with Gasteiger partial charge in [0.2, 0.25) is 0 Å². The van der Waals surface area contributed by atoms with Crippen LogP contribution in [0.25, 0.3) is 0 Å². The van der Waals surface area contributed by atoms with Gasteiger partial charge in [-0.3, -0.25) is 9.69 Å². The number of hydrogen-bond acceptors (Lipinski definition) is 4. The summed E-state index contributed by atoms with van der Waals surface area (Å²) in [6.07, 6.45) is 2.47. The summed E-state index contributed by atoms with van der Waals surface area (Å²) in [5, 5.41) is 3.35. The predicted octanol–water partition coefficient (Wildman–Crippen LogP) is 0.926. The Morgan fingerprint density at radius 2 is 2.05 bits per heavy atom. The quantitative estimate of drug-likeness (QED) is 0.802. The summed E-state index contributed by atoms with van der Waals surface area (Å²) in [4.78, 5) is 26.0. The number of carbonyl (C=O) groups is 2. The van der Waals surface area contributed by atoms with Crippen LogP contribution in [0, 0.1) is 0 Å². The fourth-order valence-corrected chi connectivity index (χ4v) is 2.11. The van der Waals surface area contributed by atoms with Gasteiger partial charge < -0.3 is 14.6 Å². The summed E-state index contributed by atoms with van der Waals surface area (Å²) >= 11 is 0. The Labute approximate surface area is 111 Å². The van der Waals surface area contributed by atoms with Gasteiger partial charge in [0.05, 0.1) is 13.1 Å². The summed E-state index contributed by atoms with van der Waals surface area (Å²) < 4.78 is 5.63. The van der Waals surface area contributed by atoms with E-state index in [0.717, 1.165) is 5.76 Å². The third kappa shape index (κ3) is 2.63. The largest absolute Gasteiger partial charge is 0.463 e. The summed E-state index contributed by atoms with van der Waals surface area (Å²) in [7, 11) is 1.62. The molecule has 2 heterocycles. The van der Waals surface area contributed by atoms with E-state index in [1.807, 2.05) is 12.1 Å². The van der Waals surface area contributed by atoms with Crippen LogP contribution >= 0.6 is 0 Å². The van der Waals surface area contributed by atoms with Gasteiger partial charge in [0.1, 0.15) is 18.1 Å². The molecule has 1 aliphatic heterocycles. The van der Waals surface area contributed by atoms with E-state index in [1.54, 1.807) is 7.05 Å². The highest BCUT2D eigenvalue weighted by Gasteiger charge is 2.34. The van der Waals surface area contributed by atoms with Crippen LogP contribution in [0.4, 0.5) is 4.79 Å². The Bertz CT molecular complexity index is 507. The first kappa shape index (κ1) is 12.2. The number of furan rings is 1. The minimum absolute atomic E-state index is 0.148. The molecule has 0 aromatic carbocycles. The Hall–Kier alpha value is -1.82. The van der Waals surface area contributed by atoms with E-state index in [9.17, 15) is 9.59 Å². The van der Waals surface area contributed by atoms with E-state index in [0.29, 0.717) is 18.3 Å². The number of rotatable bonds is 5. The normalized spacial score (nSPS) is 19.6. The Kier molecular flexibility index (Phi) is 3.02. The van der Waals surface area contributed by atoms with Crippen molar-refractivity contribution in [1.29, 1.82) is 0 Å². The number of urea groups is 1. The number of carbonyl (C=O) groups excluding carboxylic acids is 2. The molecule has 1 saturated heterocycles. The molecule has 0 radical (unpaired) electrons. The zero-order valence-electron chi connectivity index (χ0n) is 10.9. The van der Waals surface area contributed by atoms with Crippen LogP contribution in [0.1, 0.15) is 24.4 Å². The maximum atomic E-state index is 11.7. The van der Waals surface area contributed by atoms with Crippen LogP contribution in [0.2, 0.25) is 0 Å². The van der Waals surface area contributed by atoms with Crippen molar-refractivity contribution >= 4 is 11.9 Å². The highest BCUT2D eigenvalue weighted by molar-refractivity contribution is 6.01. The number of nitrogens with zero attached hydrogens (tertiary/aromatic N) is 2. The van der Waals surface area contributed by atoms with Gasteiger partial charge in [-0.25, -0.2) is 4.79 Å². The molecule has 102 valence electrons. The third-order valence-corrected chi connectivity index (χ3v) is 3.40. The van der Waals surface area contributed by atoms with Crippen molar-refractivity contribution in [2.24, 2.45) is 0 Å². The summed E-state index contributed by atoms with van der Waals surface area (Å²) in [5.41, 5.74) is 0. The molecular weight excluding hydrogens is 246 g/mol. The van der Waals surface area contributed by atoms with E-state index in [2.05, 4.69) is 5.32 Å². The summed E-state index contributed by atoms with van der Waals surface area (Å²) in [5.74, 6) is 1.31. The molecule has 2 fully saturated rings. The lowest BCUT2D eigenvalue weighted by Gasteiger charge is -2.12. The van der Waals surface area contributed by atoms with Crippen LogP contribution in [0.3, 0.4) is 0 Å². The standard InChI is InChI=1S/C13H17N3O3/c1-15-8-12(17)16(13(15)18)7-11-5-4-10(19-11)6-14-9-2-3-9/h4-5,9,14H,2-3,6-8H2,1H3. The van der Waals surface area contributed by atoms with Crippen molar-refractivity contribution < 1.29 is 14.0 Å². The summed E-state index contributed by atoms with van der Waals surface area (Å²) in [6.45, 7) is 1.06. The van der Waals surface area contributed by atoms with Gasteiger partial charge in [-0.05, 0) is 25.0 Å². The van der Waals surface area contributed by atoms with E-state index >= 15 is 0 Å². The minimum Gasteiger partial charge on any atom is -0.463 e. The molecule has 0 unspecified atom stereocenters. The zero-order chi connectivity index (χ0) is 13.4. The molecule has 6 heteroatoms. The molecule has 1 N–H and O–H groups in total. The lowest BCUT2D eigenvalue weighted by atomic mass is 10.4. The maximum Gasteiger partial charge on any atom is 0.327 e. The molecule has 2 aliphatic rings. The van der Waals surface area contributed by atoms with Gasteiger partial charge in [0, 0.05) is 13.1 Å². The number of nitrogens with one attached hydrogen (secondary N) is 1. The second-order valence-corrected chi connectivity index (χ2v) is 5.14. The van der Waals surface area contributed by atoms with Gasteiger partial charge >= 0.3 is 6.03 Å². The zero-order valence-corrected chi connectivity index (χ0v) is 10.9. The van der Waals surface area contributed by atoms with E-state index in [1.165, 1.54) is 22.6 Å². The average Bonchev–Trinajstić information content (AvgIpc) is 3.06. The number of imide groups is 1. The van der Waals surface area contributed by atoms with Crippen LogP contribution in [-0.4, -0.2) is 41.4 Å². The molecular formula is C13H17N3O3. The molecule has 0 atom stereocenters. The molecule has 1 aromatic heterocycles. The van der Waals surface area contributed by atoms with Crippen LogP contribution in [0.5, 0.6) is 0 Å². The van der Waals surface area contributed by atoms with Crippen molar-refractivity contribution in [3.8, 4) is 0 Å². The van der Waals surface area contributed by atoms with Gasteiger partial charge in [0.25, 0.3) is 5.91 Å². The van der Waals surface area contributed by atoms with Crippen molar-refractivity contribution in [1.82, 2.24) is 15.1 Å². The first-order chi connectivity index (χ1) is 9.13. The second kappa shape index (κ2) is 4.70. The van der Waals surface area contributed by atoms with Crippen molar-refractivity contribution in [3.63, 3.8) is 0 Å². The molecule has 1 saturated carbocycles. The number of likely N-dealkylation sites (N-methyl/N-ethyl adjacent to an activating group) is 1. The van der Waals surface area contributed by atoms with E-state index < -0.39 is 0 Å².